The first-order valence-electron chi connectivity index (χ1n) is 6.61. The van der Waals surface area contributed by atoms with Crippen molar-refractivity contribution in [3.05, 3.63) is 23.8 Å². The van der Waals surface area contributed by atoms with E-state index in [-0.39, 0.29) is 23.0 Å². The lowest BCUT2D eigenvalue weighted by Gasteiger charge is -2.47. The number of aromatic hydroxyl groups is 2. The van der Waals surface area contributed by atoms with Gasteiger partial charge in [-0.3, -0.25) is 4.79 Å². The zero-order chi connectivity index (χ0) is 15.1. The summed E-state index contributed by atoms with van der Waals surface area (Å²) < 4.78 is 5.93. The van der Waals surface area contributed by atoms with E-state index in [1.807, 2.05) is 27.7 Å². The van der Waals surface area contributed by atoms with E-state index in [0.717, 1.165) is 0 Å². The normalized spacial score (nSPS) is 20.7. The van der Waals surface area contributed by atoms with Crippen LogP contribution >= 0.6 is 0 Å². The fraction of sp³-hybridized carbons (Fsp3) is 0.533. The van der Waals surface area contributed by atoms with Crippen molar-refractivity contribution in [1.29, 1.82) is 0 Å². The second kappa shape index (κ2) is 4.66. The average Bonchev–Trinajstić information content (AvgIpc) is 2.23. The third-order valence-electron chi connectivity index (χ3n) is 3.19. The summed E-state index contributed by atoms with van der Waals surface area (Å²) >= 11 is 0. The van der Waals surface area contributed by atoms with Gasteiger partial charge < -0.3 is 19.8 Å². The molecule has 0 bridgehead atoms. The molecule has 5 nitrogen and oxygen atoms in total. The molecule has 0 radical (unpaired) electrons. The molecular weight excluding hydrogens is 258 g/mol. The highest BCUT2D eigenvalue weighted by Gasteiger charge is 2.40. The lowest BCUT2D eigenvalue weighted by Crippen LogP contribution is -2.58. The Hall–Kier alpha value is -1.75. The van der Waals surface area contributed by atoms with E-state index in [0.29, 0.717) is 13.1 Å². The summed E-state index contributed by atoms with van der Waals surface area (Å²) in [4.78, 5) is 14.2. The molecule has 0 saturated carbocycles. The van der Waals surface area contributed by atoms with E-state index >= 15 is 0 Å². The van der Waals surface area contributed by atoms with Gasteiger partial charge in [0, 0.05) is 19.2 Å². The molecule has 2 N–H and O–H groups in total. The van der Waals surface area contributed by atoms with E-state index in [1.54, 1.807) is 4.90 Å². The van der Waals surface area contributed by atoms with Crippen LogP contribution in [0.3, 0.4) is 0 Å². The minimum Gasteiger partial charge on any atom is -0.508 e. The fourth-order valence-corrected chi connectivity index (χ4v) is 2.80. The van der Waals surface area contributed by atoms with E-state index in [4.69, 9.17) is 4.74 Å². The molecule has 0 aromatic heterocycles. The summed E-state index contributed by atoms with van der Waals surface area (Å²) in [6.07, 6.45) is 0. The lowest BCUT2D eigenvalue weighted by atomic mass is 9.98. The van der Waals surface area contributed by atoms with Crippen LogP contribution in [0, 0.1) is 0 Å². The molecule has 0 aliphatic carbocycles. The molecule has 1 saturated heterocycles. The quantitative estimate of drug-likeness (QED) is 0.826. The van der Waals surface area contributed by atoms with E-state index in [9.17, 15) is 15.0 Å². The molecule has 1 aromatic carbocycles. The Morgan fingerprint density at radius 2 is 1.70 bits per heavy atom. The van der Waals surface area contributed by atoms with E-state index in [1.165, 1.54) is 18.2 Å². The number of carbonyl (C=O) groups is 1. The molecule has 0 spiro atoms. The summed E-state index contributed by atoms with van der Waals surface area (Å²) in [6.45, 7) is 8.65. The zero-order valence-electron chi connectivity index (χ0n) is 12.3. The number of phenolic OH excluding ortho intramolecular Hbond substituents is 2. The predicted molar refractivity (Wildman–Crippen MR) is 74.9 cm³/mol. The Morgan fingerprint density at radius 3 is 2.20 bits per heavy atom. The maximum absolute atomic E-state index is 12.5. The van der Waals surface area contributed by atoms with Gasteiger partial charge in [0.2, 0.25) is 0 Å². The number of ether oxygens (including phenoxy) is 1. The summed E-state index contributed by atoms with van der Waals surface area (Å²) in [6, 6.07) is 4.00. The molecule has 5 heteroatoms. The molecule has 1 aliphatic heterocycles. The van der Waals surface area contributed by atoms with Crippen LogP contribution in [0.5, 0.6) is 11.5 Å². The number of phenols is 2. The molecule has 1 aromatic rings. The third kappa shape index (κ3) is 3.04. The van der Waals surface area contributed by atoms with Crippen molar-refractivity contribution in [2.24, 2.45) is 0 Å². The Kier molecular flexibility index (Phi) is 3.42. The number of hydrogen-bond acceptors (Lipinski definition) is 4. The summed E-state index contributed by atoms with van der Waals surface area (Å²) in [5.74, 6) is -0.536. The highest BCUT2D eigenvalue weighted by Crippen LogP contribution is 2.31. The van der Waals surface area contributed by atoms with Crippen molar-refractivity contribution < 1.29 is 19.7 Å². The lowest BCUT2D eigenvalue weighted by molar-refractivity contribution is -0.171. The van der Waals surface area contributed by atoms with Gasteiger partial charge in [0.25, 0.3) is 5.91 Å². The molecule has 1 amide bonds. The molecule has 2 rings (SSSR count). The number of morpholine rings is 1. The minimum absolute atomic E-state index is 0.0679. The number of benzene rings is 1. The van der Waals surface area contributed by atoms with Crippen molar-refractivity contribution in [2.45, 2.75) is 38.9 Å². The SMILES string of the molecule is CC1(C)CN(C(=O)c2ccc(O)cc2O)CC(C)(C)O1. The summed E-state index contributed by atoms with van der Waals surface area (Å²) in [5, 5.41) is 19.1. The van der Waals surface area contributed by atoms with Crippen molar-refractivity contribution >= 4 is 5.91 Å². The van der Waals surface area contributed by atoms with E-state index in [2.05, 4.69) is 0 Å². The van der Waals surface area contributed by atoms with Gasteiger partial charge >= 0.3 is 0 Å². The smallest absolute Gasteiger partial charge is 0.257 e. The van der Waals surface area contributed by atoms with Gasteiger partial charge in [-0.05, 0) is 39.8 Å². The van der Waals surface area contributed by atoms with Crippen LogP contribution in [0.1, 0.15) is 38.1 Å². The van der Waals surface area contributed by atoms with Crippen LogP contribution < -0.4 is 0 Å². The van der Waals surface area contributed by atoms with Crippen molar-refractivity contribution in [1.82, 2.24) is 4.90 Å². The second-order valence-electron chi connectivity index (χ2n) is 6.48. The number of nitrogens with zero attached hydrogens (tertiary/aromatic N) is 1. The molecule has 0 unspecified atom stereocenters. The van der Waals surface area contributed by atoms with Gasteiger partial charge in [-0.15, -0.1) is 0 Å². The molecule has 0 atom stereocenters. The standard InChI is InChI=1S/C15H21NO4/c1-14(2)8-16(9-15(3,4)20-14)13(19)11-6-5-10(17)7-12(11)18/h5-7,17-18H,8-9H2,1-4H3. The Morgan fingerprint density at radius 1 is 1.15 bits per heavy atom. The first kappa shape index (κ1) is 14.7. The maximum atomic E-state index is 12.5. The van der Waals surface area contributed by atoms with Gasteiger partial charge in [-0.1, -0.05) is 0 Å². The molecule has 110 valence electrons. The van der Waals surface area contributed by atoms with Crippen molar-refractivity contribution in [2.75, 3.05) is 13.1 Å². The highest BCUT2D eigenvalue weighted by molar-refractivity contribution is 5.97. The first-order valence-corrected chi connectivity index (χ1v) is 6.61. The Balaban J connectivity index is 2.28. The highest BCUT2D eigenvalue weighted by atomic mass is 16.5. The summed E-state index contributed by atoms with van der Waals surface area (Å²) in [7, 11) is 0. The third-order valence-corrected chi connectivity index (χ3v) is 3.19. The van der Waals surface area contributed by atoms with Crippen molar-refractivity contribution in [3.63, 3.8) is 0 Å². The van der Waals surface area contributed by atoms with Crippen molar-refractivity contribution in [3.8, 4) is 11.5 Å². The molecule has 20 heavy (non-hydrogen) atoms. The van der Waals surface area contributed by atoms with Gasteiger partial charge in [0.05, 0.1) is 16.8 Å². The predicted octanol–water partition coefficient (Wildman–Crippen LogP) is 2.13. The number of carbonyl (C=O) groups excluding carboxylic acids is 1. The monoisotopic (exact) mass is 279 g/mol. The van der Waals surface area contributed by atoms with Gasteiger partial charge in [-0.2, -0.15) is 0 Å². The van der Waals surface area contributed by atoms with Crippen LogP contribution in [0.4, 0.5) is 0 Å². The fourth-order valence-electron chi connectivity index (χ4n) is 2.80. The van der Waals surface area contributed by atoms with Crippen LogP contribution in [0.15, 0.2) is 18.2 Å². The molecule has 1 heterocycles. The van der Waals surface area contributed by atoms with Gasteiger partial charge in [0.15, 0.2) is 0 Å². The molecule has 1 fully saturated rings. The number of amides is 1. The topological polar surface area (TPSA) is 70.0 Å². The van der Waals surface area contributed by atoms with Crippen LogP contribution in [-0.4, -0.2) is 45.3 Å². The van der Waals surface area contributed by atoms with E-state index < -0.39 is 11.2 Å². The minimum atomic E-state index is -0.441. The summed E-state index contributed by atoms with van der Waals surface area (Å²) in [5.41, 5.74) is -0.690. The van der Waals surface area contributed by atoms with Crippen LogP contribution in [-0.2, 0) is 4.74 Å². The molecular formula is C15H21NO4. The Labute approximate surface area is 118 Å². The molecule has 1 aliphatic rings. The largest absolute Gasteiger partial charge is 0.508 e. The average molecular weight is 279 g/mol. The number of hydrogen-bond donors (Lipinski definition) is 2. The zero-order valence-corrected chi connectivity index (χ0v) is 12.3. The van der Waals surface area contributed by atoms with Gasteiger partial charge in [-0.25, -0.2) is 0 Å². The maximum Gasteiger partial charge on any atom is 0.257 e. The Bertz CT molecular complexity index is 521. The van der Waals surface area contributed by atoms with Gasteiger partial charge in [0.1, 0.15) is 11.5 Å². The number of rotatable bonds is 1. The van der Waals surface area contributed by atoms with Crippen LogP contribution in [0.2, 0.25) is 0 Å². The second-order valence-corrected chi connectivity index (χ2v) is 6.48. The first-order chi connectivity index (χ1) is 9.10. The van der Waals surface area contributed by atoms with Crippen LogP contribution in [0.25, 0.3) is 0 Å².